The number of benzene rings is 1. The Morgan fingerprint density at radius 1 is 1.24 bits per heavy atom. The summed E-state index contributed by atoms with van der Waals surface area (Å²) in [5.41, 5.74) is 2.09. The van der Waals surface area contributed by atoms with Crippen molar-refractivity contribution in [3.05, 3.63) is 35.2 Å². The molecule has 1 saturated heterocycles. The minimum Gasteiger partial charge on any atom is -0.450 e. The largest absolute Gasteiger partial charge is 0.450 e. The Morgan fingerprint density at radius 3 is 2.51 bits per heavy atom. The molecule has 0 saturated carbocycles. The molecule has 0 unspecified atom stereocenters. The molecule has 2 aromatic rings. The van der Waals surface area contributed by atoms with Crippen molar-refractivity contribution in [1.29, 1.82) is 5.26 Å². The first-order valence-electron chi connectivity index (χ1n) is 12.4. The quantitative estimate of drug-likeness (QED) is 0.374. The van der Waals surface area contributed by atoms with Crippen LogP contribution in [-0.2, 0) is 9.53 Å². The molecule has 10 nitrogen and oxygen atoms in total. The van der Waals surface area contributed by atoms with E-state index < -0.39 is 11.9 Å². The summed E-state index contributed by atoms with van der Waals surface area (Å²) in [5, 5.41) is 18.0. The molecule has 1 aliphatic heterocycles. The fourth-order valence-electron chi connectivity index (χ4n) is 4.08. The number of anilines is 1. The second kappa shape index (κ2) is 13.1. The molecule has 3 amide bonds. The predicted molar refractivity (Wildman–Crippen MR) is 142 cm³/mol. The maximum Gasteiger partial charge on any atom is 0.409 e. The molecule has 37 heavy (non-hydrogen) atoms. The number of nitrogens with one attached hydrogen (secondary N) is 2. The molecule has 1 aromatic heterocycles. The van der Waals surface area contributed by atoms with Gasteiger partial charge in [0.25, 0.3) is 11.8 Å². The van der Waals surface area contributed by atoms with Crippen molar-refractivity contribution in [2.24, 2.45) is 5.92 Å². The zero-order chi connectivity index (χ0) is 26.9. The van der Waals surface area contributed by atoms with Gasteiger partial charge < -0.3 is 20.3 Å². The molecular weight excluding hydrogens is 492 g/mol. The lowest BCUT2D eigenvalue weighted by molar-refractivity contribution is -0.129. The van der Waals surface area contributed by atoms with Crippen LogP contribution in [-0.4, -0.2) is 71.5 Å². The third-order valence-corrected chi connectivity index (χ3v) is 6.86. The first kappa shape index (κ1) is 27.9. The van der Waals surface area contributed by atoms with E-state index in [-0.39, 0.29) is 24.0 Å². The second-order valence-corrected chi connectivity index (χ2v) is 10.2. The molecule has 1 atom stereocenters. The van der Waals surface area contributed by atoms with Crippen molar-refractivity contribution >= 4 is 34.4 Å². The number of likely N-dealkylation sites (tertiary alicyclic amines) is 1. The molecule has 2 heterocycles. The van der Waals surface area contributed by atoms with Gasteiger partial charge in [-0.2, -0.15) is 5.26 Å². The molecule has 0 spiro atoms. The summed E-state index contributed by atoms with van der Waals surface area (Å²) < 4.78 is 5.07. The number of hydrogen-bond acceptors (Lipinski definition) is 8. The fraction of sp³-hybridized carbons (Fsp3) is 0.500. The third kappa shape index (κ3) is 7.67. The summed E-state index contributed by atoms with van der Waals surface area (Å²) in [6.07, 6.45) is 3.62. The van der Waals surface area contributed by atoms with Gasteiger partial charge in [-0.3, -0.25) is 14.5 Å². The number of hydrogen-bond donors (Lipinski definition) is 2. The molecule has 198 valence electrons. The van der Waals surface area contributed by atoms with E-state index in [1.165, 1.54) is 18.4 Å². The third-order valence-electron chi connectivity index (χ3n) is 6.09. The summed E-state index contributed by atoms with van der Waals surface area (Å²) in [7, 11) is 1.39. The van der Waals surface area contributed by atoms with Crippen LogP contribution in [0, 0.1) is 17.4 Å². The van der Waals surface area contributed by atoms with Crippen LogP contribution in [0.1, 0.15) is 50.4 Å². The average Bonchev–Trinajstić information content (AvgIpc) is 3.36. The van der Waals surface area contributed by atoms with Crippen LogP contribution >= 0.6 is 11.3 Å². The van der Waals surface area contributed by atoms with Crippen LogP contribution in [0.25, 0.3) is 11.3 Å². The molecule has 0 radical (unpaired) electrons. The number of likely N-dealkylation sites (N-methyl/N-ethyl adjacent to an activating group) is 1. The first-order chi connectivity index (χ1) is 17.7. The summed E-state index contributed by atoms with van der Waals surface area (Å²) in [6, 6.07) is 6.52. The van der Waals surface area contributed by atoms with E-state index in [1.54, 1.807) is 30.1 Å². The van der Waals surface area contributed by atoms with Crippen molar-refractivity contribution in [2.75, 3.05) is 32.1 Å². The molecule has 2 N–H and O–H groups in total. The zero-order valence-electron chi connectivity index (χ0n) is 21.7. The smallest absolute Gasteiger partial charge is 0.409 e. The fourth-order valence-corrected chi connectivity index (χ4v) is 4.88. The van der Waals surface area contributed by atoms with Gasteiger partial charge >= 0.3 is 6.09 Å². The highest BCUT2D eigenvalue weighted by Crippen LogP contribution is 2.27. The monoisotopic (exact) mass is 526 g/mol. The highest BCUT2D eigenvalue weighted by molar-refractivity contribution is 7.14. The van der Waals surface area contributed by atoms with E-state index in [9.17, 15) is 14.4 Å². The highest BCUT2D eigenvalue weighted by atomic mass is 32.1. The van der Waals surface area contributed by atoms with E-state index in [0.29, 0.717) is 31.7 Å². The number of amides is 3. The maximum atomic E-state index is 12.8. The number of piperidine rings is 1. The van der Waals surface area contributed by atoms with Crippen LogP contribution in [0.15, 0.2) is 29.6 Å². The molecule has 0 bridgehead atoms. The second-order valence-electron chi connectivity index (χ2n) is 9.37. The standard InChI is InChI=1S/C26H34N6O4S/c1-5-36-26(35)32-12-10-20(11-13-32)28-25-30-22(15-37-25)18-6-8-19(9-7-18)23(33)29-21(14-17(2)3)24(34)31(4)16-27/h6-9,15,17,20-21H,5,10-14H2,1-4H3,(H,28,30)(H,29,33)/t21-/m0/s1. The van der Waals surface area contributed by atoms with Gasteiger partial charge in [0.05, 0.1) is 12.3 Å². The number of aromatic nitrogens is 1. The lowest BCUT2D eigenvalue weighted by atomic mass is 10.0. The number of carbonyl (C=O) groups is 3. The zero-order valence-corrected chi connectivity index (χ0v) is 22.5. The Morgan fingerprint density at radius 2 is 1.92 bits per heavy atom. The lowest BCUT2D eigenvalue weighted by Crippen LogP contribution is -2.46. The molecule has 1 fully saturated rings. The molecule has 1 aliphatic rings. The number of thiazole rings is 1. The number of carbonyl (C=O) groups excluding carboxylic acids is 3. The van der Waals surface area contributed by atoms with Gasteiger partial charge in [-0.15, -0.1) is 11.3 Å². The number of ether oxygens (including phenoxy) is 1. The number of rotatable bonds is 9. The van der Waals surface area contributed by atoms with Gasteiger partial charge in [0.15, 0.2) is 11.3 Å². The van der Waals surface area contributed by atoms with Crippen LogP contribution in [0.2, 0.25) is 0 Å². The van der Waals surface area contributed by atoms with Crippen molar-refractivity contribution in [3.8, 4) is 17.5 Å². The van der Waals surface area contributed by atoms with E-state index in [2.05, 4.69) is 15.6 Å². The Bertz CT molecular complexity index is 1120. The highest BCUT2D eigenvalue weighted by Gasteiger charge is 2.26. The van der Waals surface area contributed by atoms with E-state index in [0.717, 1.165) is 34.1 Å². The molecule has 11 heteroatoms. The van der Waals surface area contributed by atoms with Gasteiger partial charge in [-0.05, 0) is 44.2 Å². The summed E-state index contributed by atoms with van der Waals surface area (Å²) in [6.45, 7) is 7.39. The Hall–Kier alpha value is -3.65. The van der Waals surface area contributed by atoms with Crippen molar-refractivity contribution in [1.82, 2.24) is 20.1 Å². The average molecular weight is 527 g/mol. The topological polar surface area (TPSA) is 128 Å². The Labute approximate surface area is 221 Å². The summed E-state index contributed by atoms with van der Waals surface area (Å²) in [4.78, 5) is 44.5. The first-order valence-corrected chi connectivity index (χ1v) is 13.3. The molecule has 3 rings (SSSR count). The van der Waals surface area contributed by atoms with Crippen molar-refractivity contribution in [2.45, 2.75) is 52.1 Å². The van der Waals surface area contributed by atoms with Gasteiger partial charge in [-0.25, -0.2) is 9.78 Å². The number of nitrogens with zero attached hydrogens (tertiary/aromatic N) is 4. The van der Waals surface area contributed by atoms with Crippen LogP contribution in [0.5, 0.6) is 0 Å². The van der Waals surface area contributed by atoms with Crippen LogP contribution in [0.3, 0.4) is 0 Å². The normalized spacial score (nSPS) is 14.5. The molecule has 0 aliphatic carbocycles. The Kier molecular flexibility index (Phi) is 9.85. The lowest BCUT2D eigenvalue weighted by Gasteiger charge is -2.31. The van der Waals surface area contributed by atoms with Crippen molar-refractivity contribution < 1.29 is 19.1 Å². The van der Waals surface area contributed by atoms with Crippen molar-refractivity contribution in [3.63, 3.8) is 0 Å². The summed E-state index contributed by atoms with van der Waals surface area (Å²) in [5.74, 6) is -0.636. The number of nitriles is 1. The minimum atomic E-state index is -0.770. The predicted octanol–water partition coefficient (Wildman–Crippen LogP) is 3.93. The van der Waals surface area contributed by atoms with Crippen LogP contribution in [0.4, 0.5) is 9.93 Å². The molecule has 1 aromatic carbocycles. The van der Waals surface area contributed by atoms with Gasteiger partial charge in [0, 0.05) is 42.7 Å². The van der Waals surface area contributed by atoms with Crippen LogP contribution < -0.4 is 10.6 Å². The maximum absolute atomic E-state index is 12.8. The van der Waals surface area contributed by atoms with Gasteiger partial charge in [-0.1, -0.05) is 26.0 Å². The van der Waals surface area contributed by atoms with E-state index in [4.69, 9.17) is 10.00 Å². The summed E-state index contributed by atoms with van der Waals surface area (Å²) >= 11 is 1.51. The van der Waals surface area contributed by atoms with E-state index in [1.807, 2.05) is 31.4 Å². The van der Waals surface area contributed by atoms with Gasteiger partial charge in [0.2, 0.25) is 0 Å². The molecular formula is C26H34N6O4S. The SMILES string of the molecule is CCOC(=O)N1CCC(Nc2nc(-c3ccc(C(=O)N[C@@H](CC(C)C)C(=O)N(C)C#N)cc3)cs2)CC1. The minimum absolute atomic E-state index is 0.168. The Balaban J connectivity index is 1.58. The van der Waals surface area contributed by atoms with Gasteiger partial charge in [0.1, 0.15) is 6.04 Å². The van der Waals surface area contributed by atoms with E-state index >= 15 is 0 Å².